The van der Waals surface area contributed by atoms with E-state index in [-0.39, 0.29) is 4.47 Å². The van der Waals surface area contributed by atoms with Crippen molar-refractivity contribution in [2.45, 2.75) is 4.90 Å². The van der Waals surface area contributed by atoms with Crippen LogP contribution in [0.1, 0.15) is 0 Å². The highest BCUT2D eigenvalue weighted by molar-refractivity contribution is 9.10. The van der Waals surface area contributed by atoms with E-state index in [1.165, 1.54) is 5.01 Å². The van der Waals surface area contributed by atoms with Crippen molar-refractivity contribution < 1.29 is 17.2 Å². The SMILES string of the molecule is CN1CCN(NS(=O)(=O)c2c(F)cc(F)cc2Br)CC1. The third-order valence-corrected chi connectivity index (χ3v) is 5.32. The molecule has 9 heteroatoms. The molecule has 1 fully saturated rings. The monoisotopic (exact) mass is 369 g/mol. The summed E-state index contributed by atoms with van der Waals surface area (Å²) in [5.74, 6) is -1.97. The van der Waals surface area contributed by atoms with Crippen LogP contribution in [0.5, 0.6) is 0 Å². The van der Waals surface area contributed by atoms with Crippen LogP contribution in [0.25, 0.3) is 0 Å². The van der Waals surface area contributed by atoms with Crippen molar-refractivity contribution in [3.05, 3.63) is 28.2 Å². The van der Waals surface area contributed by atoms with Crippen molar-refractivity contribution in [1.29, 1.82) is 0 Å². The third-order valence-electron chi connectivity index (χ3n) is 2.98. The van der Waals surface area contributed by atoms with Gasteiger partial charge in [0.2, 0.25) is 0 Å². The molecule has 1 N–H and O–H groups in total. The Labute approximate surface area is 124 Å². The maximum Gasteiger partial charge on any atom is 0.257 e. The van der Waals surface area contributed by atoms with Crippen molar-refractivity contribution in [2.75, 3.05) is 33.2 Å². The zero-order valence-corrected chi connectivity index (χ0v) is 13.1. The topological polar surface area (TPSA) is 52.6 Å². The molecule has 0 atom stereocenters. The van der Waals surface area contributed by atoms with Gasteiger partial charge in [-0.25, -0.2) is 22.2 Å². The normalized spacial score (nSPS) is 18.4. The smallest absolute Gasteiger partial charge is 0.257 e. The first kappa shape index (κ1) is 15.8. The first-order chi connectivity index (χ1) is 9.29. The molecular weight excluding hydrogens is 356 g/mol. The second-order valence-electron chi connectivity index (χ2n) is 4.58. The number of nitrogens with one attached hydrogen (secondary N) is 1. The molecule has 5 nitrogen and oxygen atoms in total. The summed E-state index contributed by atoms with van der Waals surface area (Å²) in [6.45, 7) is 2.40. The van der Waals surface area contributed by atoms with E-state index in [1.54, 1.807) is 0 Å². The summed E-state index contributed by atoms with van der Waals surface area (Å²) >= 11 is 2.88. The summed E-state index contributed by atoms with van der Waals surface area (Å²) in [6, 6.07) is 1.46. The molecule has 1 aromatic carbocycles. The average Bonchev–Trinajstić information content (AvgIpc) is 2.30. The molecule has 0 saturated carbocycles. The standard InChI is InChI=1S/C11H14BrF2N3O2S/c1-16-2-4-17(5-3-16)15-20(18,19)11-9(12)6-8(13)7-10(11)14/h6-7,15H,2-5H2,1H3. The van der Waals surface area contributed by atoms with E-state index in [1.807, 2.05) is 7.05 Å². The molecule has 1 saturated heterocycles. The number of hydrogen-bond donors (Lipinski definition) is 1. The molecule has 0 amide bonds. The Bertz CT molecular complexity index is 581. The molecule has 0 spiro atoms. The molecule has 1 heterocycles. The minimum Gasteiger partial charge on any atom is -0.304 e. The molecule has 112 valence electrons. The van der Waals surface area contributed by atoms with Crippen LogP contribution in [0, 0.1) is 11.6 Å². The molecule has 1 aromatic rings. The van der Waals surface area contributed by atoms with E-state index < -0.39 is 26.6 Å². The van der Waals surface area contributed by atoms with Crippen LogP contribution in [0.4, 0.5) is 8.78 Å². The Morgan fingerprint density at radius 1 is 1.20 bits per heavy atom. The van der Waals surface area contributed by atoms with E-state index >= 15 is 0 Å². The van der Waals surface area contributed by atoms with Crippen LogP contribution in [0.3, 0.4) is 0 Å². The number of benzene rings is 1. The van der Waals surface area contributed by atoms with Gasteiger partial charge in [-0.15, -0.1) is 4.83 Å². The predicted molar refractivity (Wildman–Crippen MR) is 73.4 cm³/mol. The molecule has 1 aliphatic heterocycles. The van der Waals surface area contributed by atoms with Gasteiger partial charge in [-0.2, -0.15) is 0 Å². The minimum atomic E-state index is -4.09. The first-order valence-corrected chi connectivity index (χ1v) is 8.18. The highest BCUT2D eigenvalue weighted by atomic mass is 79.9. The summed E-state index contributed by atoms with van der Waals surface area (Å²) < 4.78 is 50.9. The van der Waals surface area contributed by atoms with Crippen LogP contribution in [0.15, 0.2) is 21.5 Å². The molecule has 0 aromatic heterocycles. The Morgan fingerprint density at radius 3 is 2.35 bits per heavy atom. The number of hydrazine groups is 1. The number of nitrogens with zero attached hydrogens (tertiary/aromatic N) is 2. The summed E-state index contributed by atoms with van der Waals surface area (Å²) in [4.78, 5) is 3.79. The van der Waals surface area contributed by atoms with Gasteiger partial charge in [-0.3, -0.25) is 0 Å². The van der Waals surface area contributed by atoms with Gasteiger partial charge in [0.1, 0.15) is 16.5 Å². The summed E-state index contributed by atoms with van der Waals surface area (Å²) in [5.41, 5.74) is 0. The second kappa shape index (κ2) is 6.02. The van der Waals surface area contributed by atoms with E-state index in [9.17, 15) is 17.2 Å². The second-order valence-corrected chi connectivity index (χ2v) is 7.04. The number of sulfonamides is 1. The molecule has 2 rings (SSSR count). The van der Waals surface area contributed by atoms with E-state index in [4.69, 9.17) is 0 Å². The zero-order valence-electron chi connectivity index (χ0n) is 10.7. The summed E-state index contributed by atoms with van der Waals surface area (Å²) in [7, 11) is -2.15. The molecule has 1 aliphatic rings. The van der Waals surface area contributed by atoms with Gasteiger partial charge in [-0.05, 0) is 29.0 Å². The van der Waals surface area contributed by atoms with Gasteiger partial charge >= 0.3 is 0 Å². The van der Waals surface area contributed by atoms with Crippen molar-refractivity contribution in [3.8, 4) is 0 Å². The largest absolute Gasteiger partial charge is 0.304 e. The maximum absolute atomic E-state index is 13.7. The van der Waals surface area contributed by atoms with Crippen molar-refractivity contribution >= 4 is 26.0 Å². The van der Waals surface area contributed by atoms with E-state index in [0.717, 1.165) is 6.07 Å². The van der Waals surface area contributed by atoms with Crippen LogP contribution < -0.4 is 4.83 Å². The van der Waals surface area contributed by atoms with Gasteiger partial charge in [0.25, 0.3) is 10.0 Å². The van der Waals surface area contributed by atoms with Crippen LogP contribution in [0.2, 0.25) is 0 Å². The highest BCUT2D eigenvalue weighted by Crippen LogP contribution is 2.26. The molecular formula is C11H14BrF2N3O2S. The van der Waals surface area contributed by atoms with Crippen molar-refractivity contribution in [2.24, 2.45) is 0 Å². The van der Waals surface area contributed by atoms with Crippen LogP contribution >= 0.6 is 15.9 Å². The lowest BCUT2D eigenvalue weighted by Crippen LogP contribution is -2.52. The molecule has 0 radical (unpaired) electrons. The Balaban J connectivity index is 2.23. The number of piperazine rings is 1. The maximum atomic E-state index is 13.7. The van der Waals surface area contributed by atoms with Gasteiger partial charge in [-0.1, -0.05) is 0 Å². The first-order valence-electron chi connectivity index (χ1n) is 5.90. The van der Waals surface area contributed by atoms with Gasteiger partial charge < -0.3 is 4.90 Å². The Kier molecular flexibility index (Phi) is 4.75. The number of rotatable bonds is 3. The number of likely N-dealkylation sites (N-methyl/N-ethyl adjacent to an activating group) is 1. The lowest BCUT2D eigenvalue weighted by Gasteiger charge is -2.32. The summed E-state index contributed by atoms with van der Waals surface area (Å²) in [5, 5.41) is 1.50. The van der Waals surface area contributed by atoms with Gasteiger partial charge in [0, 0.05) is 36.7 Å². The molecule has 0 bridgehead atoms. The third kappa shape index (κ3) is 3.53. The molecule has 0 unspecified atom stereocenters. The zero-order chi connectivity index (χ0) is 14.9. The lowest BCUT2D eigenvalue weighted by atomic mass is 10.3. The summed E-state index contributed by atoms with van der Waals surface area (Å²) in [6.07, 6.45) is 0. The molecule has 0 aliphatic carbocycles. The molecule has 20 heavy (non-hydrogen) atoms. The predicted octanol–water partition coefficient (Wildman–Crippen LogP) is 1.17. The Hall–Kier alpha value is -0.610. The fraction of sp³-hybridized carbons (Fsp3) is 0.455. The van der Waals surface area contributed by atoms with E-state index in [2.05, 4.69) is 25.7 Å². The fourth-order valence-corrected chi connectivity index (χ4v) is 4.19. The van der Waals surface area contributed by atoms with Crippen LogP contribution in [-0.4, -0.2) is 51.6 Å². The van der Waals surface area contributed by atoms with E-state index in [0.29, 0.717) is 32.2 Å². The quantitative estimate of drug-likeness (QED) is 0.868. The van der Waals surface area contributed by atoms with Crippen molar-refractivity contribution in [3.63, 3.8) is 0 Å². The van der Waals surface area contributed by atoms with Crippen LogP contribution in [-0.2, 0) is 10.0 Å². The highest BCUT2D eigenvalue weighted by Gasteiger charge is 2.27. The van der Waals surface area contributed by atoms with Gasteiger partial charge in [0.05, 0.1) is 0 Å². The number of hydrogen-bond acceptors (Lipinski definition) is 4. The number of halogens is 3. The Morgan fingerprint density at radius 2 is 1.80 bits per heavy atom. The van der Waals surface area contributed by atoms with Crippen molar-refractivity contribution in [1.82, 2.24) is 14.7 Å². The average molecular weight is 370 g/mol. The minimum absolute atomic E-state index is 0.142. The van der Waals surface area contributed by atoms with Gasteiger partial charge in [0.15, 0.2) is 0 Å². The fourth-order valence-electron chi connectivity index (χ4n) is 1.90. The lowest BCUT2D eigenvalue weighted by molar-refractivity contribution is 0.134.